The van der Waals surface area contributed by atoms with Crippen molar-refractivity contribution >= 4 is 0 Å². The molecule has 0 aromatic carbocycles. The zero-order chi connectivity index (χ0) is 12.1. The standard InChI is InChI=1S/C15H23N3/c1-2-3-13-16-15(18-17-13)14-11-5-9-4-10(7-11)8-12(14)6-9/h9-12,14H,2-8H2,1H3,(H,16,17,18). The van der Waals surface area contributed by atoms with Crippen LogP contribution in [0.25, 0.3) is 0 Å². The highest BCUT2D eigenvalue weighted by atomic mass is 15.2. The van der Waals surface area contributed by atoms with Gasteiger partial charge in [-0.2, -0.15) is 5.10 Å². The first-order chi connectivity index (χ1) is 8.83. The van der Waals surface area contributed by atoms with Crippen molar-refractivity contribution in [3.8, 4) is 0 Å². The van der Waals surface area contributed by atoms with Crippen molar-refractivity contribution in [2.45, 2.75) is 57.8 Å². The van der Waals surface area contributed by atoms with Crippen LogP contribution in [0, 0.1) is 23.7 Å². The summed E-state index contributed by atoms with van der Waals surface area (Å²) in [5.41, 5.74) is 0. The Morgan fingerprint density at radius 1 is 1.06 bits per heavy atom. The van der Waals surface area contributed by atoms with Gasteiger partial charge in [-0.3, -0.25) is 5.10 Å². The zero-order valence-electron chi connectivity index (χ0n) is 11.2. The predicted octanol–water partition coefficient (Wildman–Crippen LogP) is 3.30. The van der Waals surface area contributed by atoms with E-state index in [0.29, 0.717) is 5.92 Å². The Balaban J connectivity index is 1.60. The molecule has 0 unspecified atom stereocenters. The van der Waals surface area contributed by atoms with E-state index in [1.807, 2.05) is 0 Å². The molecule has 0 aliphatic heterocycles. The lowest BCUT2D eigenvalue weighted by Gasteiger charge is -2.53. The summed E-state index contributed by atoms with van der Waals surface area (Å²) in [6, 6.07) is 0. The number of hydrogen-bond donors (Lipinski definition) is 1. The summed E-state index contributed by atoms with van der Waals surface area (Å²) in [5.74, 6) is 6.79. The van der Waals surface area contributed by atoms with Crippen molar-refractivity contribution < 1.29 is 0 Å². The first-order valence-electron chi connectivity index (χ1n) is 7.74. The van der Waals surface area contributed by atoms with Gasteiger partial charge in [-0.1, -0.05) is 6.92 Å². The minimum absolute atomic E-state index is 0.680. The first kappa shape index (κ1) is 11.0. The van der Waals surface area contributed by atoms with E-state index in [2.05, 4.69) is 17.1 Å². The van der Waals surface area contributed by atoms with Crippen molar-refractivity contribution in [1.29, 1.82) is 0 Å². The highest BCUT2D eigenvalue weighted by Crippen LogP contribution is 2.59. The van der Waals surface area contributed by atoms with Crippen LogP contribution in [0.5, 0.6) is 0 Å². The van der Waals surface area contributed by atoms with Gasteiger partial charge < -0.3 is 0 Å². The Kier molecular flexibility index (Phi) is 2.49. The monoisotopic (exact) mass is 245 g/mol. The van der Waals surface area contributed by atoms with Crippen LogP contribution in [0.1, 0.15) is 63.0 Å². The molecule has 98 valence electrons. The summed E-state index contributed by atoms with van der Waals surface area (Å²) >= 11 is 0. The van der Waals surface area contributed by atoms with Crippen LogP contribution in [0.4, 0.5) is 0 Å². The molecular weight excluding hydrogens is 222 g/mol. The number of hydrogen-bond acceptors (Lipinski definition) is 2. The summed E-state index contributed by atoms with van der Waals surface area (Å²) < 4.78 is 0. The van der Waals surface area contributed by atoms with Crippen LogP contribution >= 0.6 is 0 Å². The molecule has 1 heterocycles. The number of aryl methyl sites for hydroxylation is 1. The maximum absolute atomic E-state index is 4.78. The summed E-state index contributed by atoms with van der Waals surface area (Å²) in [6.07, 6.45) is 9.53. The Hall–Kier alpha value is -0.860. The maximum Gasteiger partial charge on any atom is 0.154 e. The van der Waals surface area contributed by atoms with Gasteiger partial charge in [0.25, 0.3) is 0 Å². The molecule has 4 fully saturated rings. The fourth-order valence-electron chi connectivity index (χ4n) is 5.15. The zero-order valence-corrected chi connectivity index (χ0v) is 11.2. The van der Waals surface area contributed by atoms with Gasteiger partial charge >= 0.3 is 0 Å². The Morgan fingerprint density at radius 2 is 1.72 bits per heavy atom. The molecule has 4 bridgehead atoms. The van der Waals surface area contributed by atoms with E-state index < -0.39 is 0 Å². The van der Waals surface area contributed by atoms with Gasteiger partial charge in [-0.25, -0.2) is 4.98 Å². The van der Waals surface area contributed by atoms with Gasteiger partial charge in [0.15, 0.2) is 5.82 Å². The molecule has 0 spiro atoms. The number of nitrogens with one attached hydrogen (secondary N) is 1. The topological polar surface area (TPSA) is 41.6 Å². The molecule has 4 saturated carbocycles. The van der Waals surface area contributed by atoms with E-state index in [-0.39, 0.29) is 0 Å². The minimum atomic E-state index is 0.680. The van der Waals surface area contributed by atoms with E-state index >= 15 is 0 Å². The molecule has 4 aliphatic carbocycles. The fraction of sp³-hybridized carbons (Fsp3) is 0.867. The number of aromatic nitrogens is 3. The van der Waals surface area contributed by atoms with Gasteiger partial charge in [-0.15, -0.1) is 0 Å². The number of nitrogens with zero attached hydrogens (tertiary/aromatic N) is 2. The molecule has 0 amide bonds. The van der Waals surface area contributed by atoms with Crippen LogP contribution < -0.4 is 0 Å². The smallest absolute Gasteiger partial charge is 0.154 e. The maximum atomic E-state index is 4.78. The van der Waals surface area contributed by atoms with E-state index in [0.717, 1.165) is 48.2 Å². The third-order valence-corrected chi connectivity index (χ3v) is 5.56. The van der Waals surface area contributed by atoms with Crippen molar-refractivity contribution in [1.82, 2.24) is 15.2 Å². The lowest BCUT2D eigenvalue weighted by molar-refractivity contribution is -0.00555. The SMILES string of the molecule is CCCc1nc(C2C3CC4CC(C3)CC2C4)n[nH]1. The molecule has 3 nitrogen and oxygen atoms in total. The van der Waals surface area contributed by atoms with E-state index in [1.165, 1.54) is 32.1 Å². The van der Waals surface area contributed by atoms with Crippen LogP contribution in [-0.4, -0.2) is 15.2 Å². The van der Waals surface area contributed by atoms with Gasteiger partial charge in [0.1, 0.15) is 5.82 Å². The lowest BCUT2D eigenvalue weighted by Crippen LogP contribution is -2.44. The van der Waals surface area contributed by atoms with Crippen LogP contribution in [0.2, 0.25) is 0 Å². The highest BCUT2D eigenvalue weighted by Gasteiger charge is 2.49. The summed E-state index contributed by atoms with van der Waals surface area (Å²) in [7, 11) is 0. The minimum Gasteiger partial charge on any atom is -0.263 e. The number of H-pyrrole nitrogens is 1. The van der Waals surface area contributed by atoms with Crippen LogP contribution in [0.3, 0.4) is 0 Å². The molecule has 3 heteroatoms. The summed E-state index contributed by atoms with van der Waals surface area (Å²) in [5, 5.41) is 7.70. The largest absolute Gasteiger partial charge is 0.263 e. The molecule has 18 heavy (non-hydrogen) atoms. The Labute approximate surface area is 109 Å². The summed E-state index contributed by atoms with van der Waals surface area (Å²) in [6.45, 7) is 2.20. The van der Waals surface area contributed by atoms with Crippen molar-refractivity contribution in [2.75, 3.05) is 0 Å². The molecule has 4 aliphatic rings. The quantitative estimate of drug-likeness (QED) is 0.887. The third kappa shape index (κ3) is 1.63. The highest BCUT2D eigenvalue weighted by molar-refractivity contribution is 5.11. The molecule has 1 aromatic heterocycles. The molecule has 0 radical (unpaired) electrons. The second kappa shape index (κ2) is 4.07. The lowest BCUT2D eigenvalue weighted by atomic mass is 9.52. The number of rotatable bonds is 3. The van der Waals surface area contributed by atoms with E-state index in [9.17, 15) is 0 Å². The van der Waals surface area contributed by atoms with E-state index in [4.69, 9.17) is 4.98 Å². The predicted molar refractivity (Wildman–Crippen MR) is 70.2 cm³/mol. The molecule has 0 saturated heterocycles. The van der Waals surface area contributed by atoms with Gasteiger partial charge in [0.2, 0.25) is 0 Å². The van der Waals surface area contributed by atoms with Crippen LogP contribution in [0.15, 0.2) is 0 Å². The second-order valence-corrected chi connectivity index (χ2v) is 6.85. The Bertz CT molecular complexity index is 409. The van der Waals surface area contributed by atoms with Gasteiger partial charge in [-0.05, 0) is 62.2 Å². The van der Waals surface area contributed by atoms with Gasteiger partial charge in [0.05, 0.1) is 0 Å². The average molecular weight is 245 g/mol. The molecule has 0 atom stereocenters. The van der Waals surface area contributed by atoms with Crippen molar-refractivity contribution in [3.63, 3.8) is 0 Å². The van der Waals surface area contributed by atoms with E-state index in [1.54, 1.807) is 0 Å². The molecule has 5 rings (SSSR count). The molecule has 1 N–H and O–H groups in total. The number of aromatic amines is 1. The van der Waals surface area contributed by atoms with Crippen LogP contribution in [-0.2, 0) is 6.42 Å². The fourth-order valence-corrected chi connectivity index (χ4v) is 5.15. The van der Waals surface area contributed by atoms with Gasteiger partial charge in [0, 0.05) is 12.3 Å². The average Bonchev–Trinajstić information content (AvgIpc) is 2.76. The Morgan fingerprint density at radius 3 is 2.33 bits per heavy atom. The first-order valence-corrected chi connectivity index (χ1v) is 7.74. The van der Waals surface area contributed by atoms with Crippen molar-refractivity contribution in [2.24, 2.45) is 23.7 Å². The molecule has 1 aromatic rings. The van der Waals surface area contributed by atoms with Crippen molar-refractivity contribution in [3.05, 3.63) is 11.6 Å². The second-order valence-electron chi connectivity index (χ2n) is 6.85. The molecular formula is C15H23N3. The normalized spacial score (nSPS) is 41.5. The summed E-state index contributed by atoms with van der Waals surface area (Å²) in [4.78, 5) is 4.78. The third-order valence-electron chi connectivity index (χ3n) is 5.56.